The SMILES string of the molecule is COC(=O)CC(NS(=O)(=O)c1cccc2cc(C)cnc12)c1cccs1. The van der Waals surface area contributed by atoms with Crippen LogP contribution in [0.1, 0.15) is 22.9 Å². The van der Waals surface area contributed by atoms with Crippen molar-refractivity contribution in [3.63, 3.8) is 0 Å². The quantitative estimate of drug-likeness (QED) is 0.654. The molecule has 0 spiro atoms. The van der Waals surface area contributed by atoms with E-state index < -0.39 is 22.0 Å². The van der Waals surface area contributed by atoms with Crippen molar-refractivity contribution in [3.8, 4) is 0 Å². The topological polar surface area (TPSA) is 85.4 Å². The Hall–Kier alpha value is -2.29. The van der Waals surface area contributed by atoms with Crippen molar-refractivity contribution in [3.05, 3.63) is 58.4 Å². The maximum absolute atomic E-state index is 13.0. The highest BCUT2D eigenvalue weighted by Crippen LogP contribution is 2.27. The van der Waals surface area contributed by atoms with E-state index in [1.165, 1.54) is 24.5 Å². The largest absolute Gasteiger partial charge is 0.469 e. The highest BCUT2D eigenvalue weighted by molar-refractivity contribution is 7.89. The van der Waals surface area contributed by atoms with Gasteiger partial charge in [0.25, 0.3) is 0 Å². The second kappa shape index (κ2) is 7.53. The summed E-state index contributed by atoms with van der Waals surface area (Å²) in [4.78, 5) is 16.8. The molecule has 0 aliphatic heterocycles. The molecule has 0 aliphatic carbocycles. The summed E-state index contributed by atoms with van der Waals surface area (Å²) >= 11 is 1.37. The average Bonchev–Trinajstić information content (AvgIpc) is 3.14. The van der Waals surface area contributed by atoms with Crippen LogP contribution in [0.5, 0.6) is 0 Å². The Balaban J connectivity index is 2.00. The number of hydrogen-bond acceptors (Lipinski definition) is 6. The molecule has 0 bridgehead atoms. The van der Waals surface area contributed by atoms with E-state index in [1.54, 1.807) is 24.4 Å². The van der Waals surface area contributed by atoms with Gasteiger partial charge in [-0.3, -0.25) is 9.78 Å². The lowest BCUT2D eigenvalue weighted by atomic mass is 10.2. The van der Waals surface area contributed by atoms with Gasteiger partial charge in [-0.25, -0.2) is 13.1 Å². The third-order valence-corrected chi connectivity index (χ3v) is 6.37. The van der Waals surface area contributed by atoms with Crippen molar-refractivity contribution in [2.75, 3.05) is 7.11 Å². The molecular formula is C18H18N2O4S2. The fourth-order valence-electron chi connectivity index (χ4n) is 2.65. The van der Waals surface area contributed by atoms with Gasteiger partial charge in [-0.05, 0) is 36.1 Å². The average molecular weight is 390 g/mol. The van der Waals surface area contributed by atoms with Gasteiger partial charge >= 0.3 is 5.97 Å². The molecule has 3 rings (SSSR count). The molecule has 3 aromatic rings. The van der Waals surface area contributed by atoms with Gasteiger partial charge in [0, 0.05) is 16.5 Å². The Morgan fingerprint density at radius 2 is 2.12 bits per heavy atom. The van der Waals surface area contributed by atoms with Crippen LogP contribution >= 0.6 is 11.3 Å². The van der Waals surface area contributed by atoms with E-state index in [4.69, 9.17) is 4.74 Å². The van der Waals surface area contributed by atoms with Gasteiger partial charge in [-0.1, -0.05) is 18.2 Å². The summed E-state index contributed by atoms with van der Waals surface area (Å²) in [5.74, 6) is -0.488. The number of sulfonamides is 1. The summed E-state index contributed by atoms with van der Waals surface area (Å²) in [7, 11) is -2.62. The molecule has 1 unspecified atom stereocenters. The van der Waals surface area contributed by atoms with E-state index in [1.807, 2.05) is 24.4 Å². The van der Waals surface area contributed by atoms with Crippen LogP contribution in [0.25, 0.3) is 10.9 Å². The summed E-state index contributed by atoms with van der Waals surface area (Å²) < 4.78 is 33.3. The van der Waals surface area contributed by atoms with Crippen LogP contribution < -0.4 is 4.72 Å². The van der Waals surface area contributed by atoms with Crippen molar-refractivity contribution in [2.45, 2.75) is 24.3 Å². The molecule has 0 fully saturated rings. The zero-order valence-corrected chi connectivity index (χ0v) is 15.9. The third kappa shape index (κ3) is 3.92. The number of carbonyl (C=O) groups is 1. The molecular weight excluding hydrogens is 372 g/mol. The highest BCUT2D eigenvalue weighted by Gasteiger charge is 2.26. The van der Waals surface area contributed by atoms with Gasteiger partial charge in [0.05, 0.1) is 25.1 Å². The fraction of sp³-hybridized carbons (Fsp3) is 0.222. The molecule has 8 heteroatoms. The Bertz CT molecular complexity index is 1030. The number of thiophene rings is 1. The van der Waals surface area contributed by atoms with Crippen LogP contribution in [0.3, 0.4) is 0 Å². The van der Waals surface area contributed by atoms with Gasteiger partial charge in [0.2, 0.25) is 10.0 Å². The number of pyridine rings is 1. The van der Waals surface area contributed by atoms with Crippen molar-refractivity contribution in [1.82, 2.24) is 9.71 Å². The molecule has 2 aromatic heterocycles. The fourth-order valence-corrected chi connectivity index (χ4v) is 4.90. The normalized spacial score (nSPS) is 12.8. The molecule has 1 N–H and O–H groups in total. The lowest BCUT2D eigenvalue weighted by Gasteiger charge is -2.17. The Morgan fingerprint density at radius 1 is 1.31 bits per heavy atom. The van der Waals surface area contributed by atoms with Crippen LogP contribution in [-0.4, -0.2) is 26.5 Å². The Labute approximate surface area is 155 Å². The second-order valence-electron chi connectivity index (χ2n) is 5.81. The predicted molar refractivity (Wildman–Crippen MR) is 100 cm³/mol. The van der Waals surface area contributed by atoms with Crippen LogP contribution in [0.4, 0.5) is 0 Å². The number of methoxy groups -OCH3 is 1. The summed E-state index contributed by atoms with van der Waals surface area (Å²) in [6.45, 7) is 1.90. The summed E-state index contributed by atoms with van der Waals surface area (Å²) in [6.07, 6.45) is 1.54. The van der Waals surface area contributed by atoms with Crippen LogP contribution in [0, 0.1) is 6.92 Å². The number of carbonyl (C=O) groups excluding carboxylic acids is 1. The van der Waals surface area contributed by atoms with E-state index in [2.05, 4.69) is 9.71 Å². The van der Waals surface area contributed by atoms with Crippen molar-refractivity contribution in [1.29, 1.82) is 0 Å². The summed E-state index contributed by atoms with van der Waals surface area (Å²) in [6, 6.07) is 9.78. The molecule has 26 heavy (non-hydrogen) atoms. The molecule has 0 aliphatic rings. The summed E-state index contributed by atoms with van der Waals surface area (Å²) in [5, 5.41) is 2.57. The van der Waals surface area contributed by atoms with Crippen LogP contribution in [-0.2, 0) is 19.6 Å². The van der Waals surface area contributed by atoms with Crippen LogP contribution in [0.2, 0.25) is 0 Å². The van der Waals surface area contributed by atoms with E-state index in [9.17, 15) is 13.2 Å². The molecule has 0 amide bonds. The van der Waals surface area contributed by atoms with E-state index in [0.717, 1.165) is 15.8 Å². The summed E-state index contributed by atoms with van der Waals surface area (Å²) in [5.41, 5.74) is 1.34. The number of rotatable bonds is 6. The maximum atomic E-state index is 13.0. The van der Waals surface area contributed by atoms with Gasteiger partial charge < -0.3 is 4.74 Å². The molecule has 136 valence electrons. The van der Waals surface area contributed by atoms with Gasteiger partial charge in [-0.2, -0.15) is 0 Å². The number of aromatic nitrogens is 1. The number of nitrogens with one attached hydrogen (secondary N) is 1. The number of hydrogen-bond donors (Lipinski definition) is 1. The zero-order chi connectivity index (χ0) is 18.7. The van der Waals surface area contributed by atoms with Gasteiger partial charge in [0.15, 0.2) is 0 Å². The minimum absolute atomic E-state index is 0.0846. The standard InChI is InChI=1S/C18H18N2O4S2/c1-12-9-13-5-3-7-16(18(13)19-11-12)26(22,23)20-14(10-17(21)24-2)15-6-4-8-25-15/h3-9,11,14,20H,10H2,1-2H3. The molecule has 1 atom stereocenters. The first-order valence-corrected chi connectivity index (χ1v) is 10.2. The highest BCUT2D eigenvalue weighted by atomic mass is 32.2. The molecule has 1 aromatic carbocycles. The second-order valence-corrected chi connectivity index (χ2v) is 8.47. The van der Waals surface area contributed by atoms with Crippen molar-refractivity contribution < 1.29 is 17.9 Å². The molecule has 0 saturated heterocycles. The minimum atomic E-state index is -3.89. The van der Waals surface area contributed by atoms with Crippen LogP contribution in [0.15, 0.2) is 52.9 Å². The minimum Gasteiger partial charge on any atom is -0.469 e. The number of aryl methyl sites for hydroxylation is 1. The smallest absolute Gasteiger partial charge is 0.307 e. The Kier molecular flexibility index (Phi) is 5.36. The Morgan fingerprint density at radius 3 is 2.81 bits per heavy atom. The van der Waals surface area contributed by atoms with E-state index in [-0.39, 0.29) is 11.3 Å². The van der Waals surface area contributed by atoms with Gasteiger partial charge in [0.1, 0.15) is 4.90 Å². The zero-order valence-electron chi connectivity index (χ0n) is 14.3. The molecule has 0 saturated carbocycles. The molecule has 0 radical (unpaired) electrons. The third-order valence-electron chi connectivity index (χ3n) is 3.88. The predicted octanol–water partition coefficient (Wildman–Crippen LogP) is 3.19. The number of esters is 1. The number of para-hydroxylation sites is 1. The first-order chi connectivity index (χ1) is 12.4. The van der Waals surface area contributed by atoms with E-state index >= 15 is 0 Å². The molecule has 6 nitrogen and oxygen atoms in total. The first-order valence-electron chi connectivity index (χ1n) is 7.88. The first kappa shape index (κ1) is 18.5. The number of benzene rings is 1. The molecule has 2 heterocycles. The maximum Gasteiger partial charge on any atom is 0.307 e. The number of fused-ring (bicyclic) bond motifs is 1. The van der Waals surface area contributed by atoms with Crippen molar-refractivity contribution in [2.24, 2.45) is 0 Å². The van der Waals surface area contributed by atoms with Gasteiger partial charge in [-0.15, -0.1) is 11.3 Å². The number of ether oxygens (including phenoxy) is 1. The monoisotopic (exact) mass is 390 g/mol. The van der Waals surface area contributed by atoms with Crippen molar-refractivity contribution >= 4 is 38.2 Å². The lowest BCUT2D eigenvalue weighted by Crippen LogP contribution is -2.30. The van der Waals surface area contributed by atoms with E-state index in [0.29, 0.717) is 5.52 Å². The number of nitrogens with zero attached hydrogens (tertiary/aromatic N) is 1. The lowest BCUT2D eigenvalue weighted by molar-refractivity contribution is -0.141.